The Morgan fingerprint density at radius 2 is 2.45 bits per heavy atom. The van der Waals surface area contributed by atoms with E-state index in [2.05, 4.69) is 22.4 Å². The fourth-order valence-corrected chi connectivity index (χ4v) is 2.39. The number of hydrazine groups is 1. The summed E-state index contributed by atoms with van der Waals surface area (Å²) < 4.78 is 5.51. The molecule has 0 saturated carbocycles. The van der Waals surface area contributed by atoms with Crippen molar-refractivity contribution in [2.75, 3.05) is 25.6 Å². The fourth-order valence-electron chi connectivity index (χ4n) is 2.39. The maximum atomic E-state index is 10.8. The minimum absolute atomic E-state index is 0.0964. The Kier molecular flexibility index (Phi) is 4.70. The minimum atomic E-state index is -0.500. The number of likely N-dealkylation sites (tertiary alicyclic amines) is 1. The topological polar surface area (TPSA) is 107 Å². The SMILES string of the molecule is CN1CCCC1CCOc1cc([N+](=O)[O-])cc(NN)n1. The third kappa shape index (κ3) is 3.55. The lowest BCUT2D eigenvalue weighted by molar-refractivity contribution is -0.384. The van der Waals surface area contributed by atoms with E-state index in [1.807, 2.05) is 0 Å². The summed E-state index contributed by atoms with van der Waals surface area (Å²) in [6.07, 6.45) is 3.25. The van der Waals surface area contributed by atoms with Crippen LogP contribution in [-0.4, -0.2) is 41.0 Å². The Balaban J connectivity index is 1.94. The maximum Gasteiger partial charge on any atom is 0.278 e. The van der Waals surface area contributed by atoms with Crippen molar-refractivity contribution in [2.24, 2.45) is 5.84 Å². The van der Waals surface area contributed by atoms with Gasteiger partial charge in [-0.3, -0.25) is 10.1 Å². The summed E-state index contributed by atoms with van der Waals surface area (Å²) in [4.78, 5) is 16.6. The second-order valence-corrected chi connectivity index (χ2v) is 4.86. The molecule has 0 aromatic carbocycles. The van der Waals surface area contributed by atoms with Gasteiger partial charge in [0.1, 0.15) is 0 Å². The predicted molar refractivity (Wildman–Crippen MR) is 74.5 cm³/mol. The van der Waals surface area contributed by atoms with Gasteiger partial charge in [-0.25, -0.2) is 5.84 Å². The highest BCUT2D eigenvalue weighted by Crippen LogP contribution is 2.23. The number of aromatic nitrogens is 1. The van der Waals surface area contributed by atoms with Crippen molar-refractivity contribution >= 4 is 11.5 Å². The van der Waals surface area contributed by atoms with E-state index in [9.17, 15) is 10.1 Å². The van der Waals surface area contributed by atoms with Crippen molar-refractivity contribution in [2.45, 2.75) is 25.3 Å². The minimum Gasteiger partial charge on any atom is -0.477 e. The Morgan fingerprint density at radius 1 is 1.65 bits per heavy atom. The van der Waals surface area contributed by atoms with Crippen LogP contribution in [-0.2, 0) is 0 Å². The average molecular weight is 281 g/mol. The van der Waals surface area contributed by atoms with E-state index in [1.165, 1.54) is 18.6 Å². The molecule has 0 radical (unpaired) electrons. The summed E-state index contributed by atoms with van der Waals surface area (Å²) in [5.74, 6) is 5.67. The molecule has 8 heteroatoms. The molecule has 1 aromatic heterocycles. The highest BCUT2D eigenvalue weighted by molar-refractivity contribution is 5.47. The lowest BCUT2D eigenvalue weighted by Crippen LogP contribution is -2.26. The molecule has 0 spiro atoms. The maximum absolute atomic E-state index is 10.8. The molecule has 2 rings (SSSR count). The molecular weight excluding hydrogens is 262 g/mol. The number of nitro groups is 1. The van der Waals surface area contributed by atoms with Crippen LogP contribution in [0.4, 0.5) is 11.5 Å². The number of nitrogens with two attached hydrogens (primary N) is 1. The molecule has 1 saturated heterocycles. The van der Waals surface area contributed by atoms with E-state index in [1.54, 1.807) is 0 Å². The highest BCUT2D eigenvalue weighted by atomic mass is 16.6. The van der Waals surface area contributed by atoms with Crippen molar-refractivity contribution < 1.29 is 9.66 Å². The second-order valence-electron chi connectivity index (χ2n) is 4.86. The van der Waals surface area contributed by atoms with Crippen LogP contribution in [0.15, 0.2) is 12.1 Å². The van der Waals surface area contributed by atoms with E-state index in [-0.39, 0.29) is 17.4 Å². The lowest BCUT2D eigenvalue weighted by atomic mass is 10.1. The molecule has 20 heavy (non-hydrogen) atoms. The van der Waals surface area contributed by atoms with Crippen LogP contribution < -0.4 is 16.0 Å². The normalized spacial score (nSPS) is 19.0. The van der Waals surface area contributed by atoms with Crippen molar-refractivity contribution in [3.05, 3.63) is 22.2 Å². The number of nitrogen functional groups attached to an aromatic ring is 1. The molecule has 1 aliphatic heterocycles. The Bertz CT molecular complexity index is 482. The molecule has 2 heterocycles. The van der Waals surface area contributed by atoms with Gasteiger partial charge in [-0.2, -0.15) is 4.98 Å². The summed E-state index contributed by atoms with van der Waals surface area (Å²) in [6, 6.07) is 3.08. The van der Waals surface area contributed by atoms with Gasteiger partial charge in [-0.1, -0.05) is 0 Å². The van der Waals surface area contributed by atoms with Gasteiger partial charge in [-0.05, 0) is 32.9 Å². The molecule has 3 N–H and O–H groups in total. The zero-order valence-electron chi connectivity index (χ0n) is 11.4. The highest BCUT2D eigenvalue weighted by Gasteiger charge is 2.20. The largest absolute Gasteiger partial charge is 0.477 e. The van der Waals surface area contributed by atoms with E-state index < -0.39 is 4.92 Å². The van der Waals surface area contributed by atoms with Crippen LogP contribution in [0, 0.1) is 10.1 Å². The van der Waals surface area contributed by atoms with Gasteiger partial charge >= 0.3 is 0 Å². The number of pyridine rings is 1. The molecule has 0 amide bonds. The molecule has 8 nitrogen and oxygen atoms in total. The molecular formula is C12H19N5O3. The standard InChI is InChI=1S/C12H19N5O3/c1-16-5-2-3-9(16)4-6-20-12-8-10(17(18)19)7-11(14-12)15-13/h7-9H,2-6,13H2,1H3,(H,14,15). The molecule has 1 fully saturated rings. The number of ether oxygens (including phenoxy) is 1. The predicted octanol–water partition coefficient (Wildman–Crippen LogP) is 1.14. The first-order chi connectivity index (χ1) is 9.60. The number of nitrogens with zero attached hydrogens (tertiary/aromatic N) is 3. The first-order valence-electron chi connectivity index (χ1n) is 6.56. The summed E-state index contributed by atoms with van der Waals surface area (Å²) >= 11 is 0. The van der Waals surface area contributed by atoms with Crippen LogP contribution in [0.1, 0.15) is 19.3 Å². The van der Waals surface area contributed by atoms with Crippen LogP contribution in [0.5, 0.6) is 5.88 Å². The number of hydrogen-bond acceptors (Lipinski definition) is 7. The van der Waals surface area contributed by atoms with E-state index in [0.29, 0.717) is 12.6 Å². The zero-order chi connectivity index (χ0) is 14.5. The number of rotatable bonds is 6. The number of hydrogen-bond donors (Lipinski definition) is 2. The van der Waals surface area contributed by atoms with Gasteiger partial charge in [-0.15, -0.1) is 0 Å². The molecule has 1 unspecified atom stereocenters. The molecule has 110 valence electrons. The Hall–Kier alpha value is -1.93. The quantitative estimate of drug-likeness (QED) is 0.457. The first-order valence-corrected chi connectivity index (χ1v) is 6.56. The zero-order valence-corrected chi connectivity index (χ0v) is 11.4. The molecule has 1 aromatic rings. The van der Waals surface area contributed by atoms with Crippen molar-refractivity contribution in [1.29, 1.82) is 0 Å². The van der Waals surface area contributed by atoms with Crippen molar-refractivity contribution in [3.8, 4) is 5.88 Å². The number of anilines is 1. The van der Waals surface area contributed by atoms with Crippen molar-refractivity contribution in [1.82, 2.24) is 9.88 Å². The van der Waals surface area contributed by atoms with Gasteiger partial charge in [0.2, 0.25) is 5.88 Å². The van der Waals surface area contributed by atoms with E-state index >= 15 is 0 Å². The molecule has 0 bridgehead atoms. The smallest absolute Gasteiger partial charge is 0.278 e. The monoisotopic (exact) mass is 281 g/mol. The van der Waals surface area contributed by atoms with Gasteiger partial charge < -0.3 is 15.1 Å². The van der Waals surface area contributed by atoms with Crippen LogP contribution in [0.25, 0.3) is 0 Å². The van der Waals surface area contributed by atoms with Crippen LogP contribution in [0.2, 0.25) is 0 Å². The van der Waals surface area contributed by atoms with Gasteiger partial charge in [0.15, 0.2) is 5.82 Å². The van der Waals surface area contributed by atoms with Gasteiger partial charge in [0.25, 0.3) is 5.69 Å². The summed E-state index contributed by atoms with van der Waals surface area (Å²) in [7, 11) is 2.10. The fraction of sp³-hybridized carbons (Fsp3) is 0.583. The second kappa shape index (κ2) is 6.49. The lowest BCUT2D eigenvalue weighted by Gasteiger charge is -2.19. The third-order valence-corrected chi connectivity index (χ3v) is 3.52. The Labute approximate surface area is 117 Å². The molecule has 1 atom stereocenters. The van der Waals surface area contributed by atoms with Gasteiger partial charge in [0.05, 0.1) is 23.7 Å². The van der Waals surface area contributed by atoms with Crippen LogP contribution in [0.3, 0.4) is 0 Å². The van der Waals surface area contributed by atoms with Crippen LogP contribution >= 0.6 is 0 Å². The summed E-state index contributed by atoms with van der Waals surface area (Å²) in [5, 5.41) is 10.8. The summed E-state index contributed by atoms with van der Waals surface area (Å²) in [5.41, 5.74) is 2.20. The first kappa shape index (κ1) is 14.5. The van der Waals surface area contributed by atoms with Crippen molar-refractivity contribution in [3.63, 3.8) is 0 Å². The van der Waals surface area contributed by atoms with E-state index in [0.717, 1.165) is 19.4 Å². The van der Waals surface area contributed by atoms with Gasteiger partial charge in [0, 0.05) is 6.04 Å². The molecule has 1 aliphatic rings. The average Bonchev–Trinajstić information content (AvgIpc) is 2.84. The Morgan fingerprint density at radius 3 is 3.05 bits per heavy atom. The van der Waals surface area contributed by atoms with E-state index in [4.69, 9.17) is 10.6 Å². The summed E-state index contributed by atoms with van der Waals surface area (Å²) in [6.45, 7) is 1.59. The molecule has 0 aliphatic carbocycles. The third-order valence-electron chi connectivity index (χ3n) is 3.52. The number of nitrogens with one attached hydrogen (secondary N) is 1.